The van der Waals surface area contributed by atoms with E-state index in [-0.39, 0.29) is 12.2 Å². The van der Waals surface area contributed by atoms with Crippen molar-refractivity contribution in [2.75, 3.05) is 24.3 Å². The molecule has 0 saturated heterocycles. The smallest absolute Gasteiger partial charge is 0.326 e. The lowest BCUT2D eigenvalue weighted by Gasteiger charge is -2.23. The van der Waals surface area contributed by atoms with Crippen LogP contribution in [0.3, 0.4) is 0 Å². The van der Waals surface area contributed by atoms with Gasteiger partial charge < -0.3 is 31.9 Å². The van der Waals surface area contributed by atoms with Crippen molar-refractivity contribution in [1.82, 2.24) is 16.0 Å². The zero-order valence-corrected chi connectivity index (χ0v) is 16.3. The van der Waals surface area contributed by atoms with E-state index in [1.807, 2.05) is 0 Å². The molecule has 4 atom stereocenters. The zero-order chi connectivity index (χ0) is 20.3. The normalized spacial score (nSPS) is 15.3. The van der Waals surface area contributed by atoms with Gasteiger partial charge in [-0.25, -0.2) is 4.79 Å². The van der Waals surface area contributed by atoms with Crippen molar-refractivity contribution in [3.63, 3.8) is 0 Å². The minimum atomic E-state index is -1.37. The predicted octanol–water partition coefficient (Wildman–Crippen LogP) is -2.45. The lowest BCUT2D eigenvalue weighted by Crippen LogP contribution is -2.57. The Hall–Kier alpha value is -1.50. The van der Waals surface area contributed by atoms with Gasteiger partial charge in [0.05, 0.1) is 18.7 Å². The molecule has 3 amide bonds. The standard InChI is InChI=1S/C14H26N4O6S2/c1-7(19)11(13(22)17-9(14(23)24)3-4-26-2)18-10(20)5-16-12(21)8(15)6-25/h7-9,11,19,25H,3-6,15H2,1-2H3,(H,16,21)(H,17,22)(H,18,20)(H,23,24). The van der Waals surface area contributed by atoms with Crippen LogP contribution < -0.4 is 21.7 Å². The Morgan fingerprint density at radius 1 is 1.19 bits per heavy atom. The number of nitrogens with one attached hydrogen (secondary N) is 3. The van der Waals surface area contributed by atoms with Crippen LogP contribution in [0.25, 0.3) is 0 Å². The van der Waals surface area contributed by atoms with E-state index in [1.165, 1.54) is 18.7 Å². The highest BCUT2D eigenvalue weighted by Crippen LogP contribution is 2.03. The SMILES string of the molecule is CSCCC(NC(=O)C(NC(=O)CNC(=O)C(N)CS)C(C)O)C(=O)O. The summed E-state index contributed by atoms with van der Waals surface area (Å²) >= 11 is 5.28. The summed E-state index contributed by atoms with van der Waals surface area (Å²) in [7, 11) is 0. The van der Waals surface area contributed by atoms with Gasteiger partial charge in [-0.15, -0.1) is 0 Å². The van der Waals surface area contributed by atoms with Crippen LogP contribution in [0.5, 0.6) is 0 Å². The minimum Gasteiger partial charge on any atom is -0.480 e. The highest BCUT2D eigenvalue weighted by Gasteiger charge is 2.29. The molecule has 0 spiro atoms. The number of carbonyl (C=O) groups excluding carboxylic acids is 3. The number of carboxylic acid groups (broad SMARTS) is 1. The van der Waals surface area contributed by atoms with Gasteiger partial charge in [0.25, 0.3) is 0 Å². The van der Waals surface area contributed by atoms with Crippen LogP contribution in [0.4, 0.5) is 0 Å². The van der Waals surface area contributed by atoms with Gasteiger partial charge in [0, 0.05) is 5.75 Å². The number of aliphatic carboxylic acids is 1. The average molecular weight is 411 g/mol. The number of carbonyl (C=O) groups is 4. The van der Waals surface area contributed by atoms with Crippen molar-refractivity contribution in [2.45, 2.75) is 37.6 Å². The number of thioether (sulfide) groups is 1. The molecular weight excluding hydrogens is 384 g/mol. The number of nitrogens with two attached hydrogens (primary N) is 1. The summed E-state index contributed by atoms with van der Waals surface area (Å²) in [6.07, 6.45) is 0.720. The van der Waals surface area contributed by atoms with Crippen molar-refractivity contribution >= 4 is 48.1 Å². The molecule has 10 nitrogen and oxygen atoms in total. The van der Waals surface area contributed by atoms with Gasteiger partial charge in [-0.1, -0.05) is 0 Å². The summed E-state index contributed by atoms with van der Waals surface area (Å²) in [6.45, 7) is 0.823. The molecular formula is C14H26N4O6S2. The maximum Gasteiger partial charge on any atom is 0.326 e. The summed E-state index contributed by atoms with van der Waals surface area (Å²) in [6, 6.07) is -3.38. The van der Waals surface area contributed by atoms with Crippen molar-refractivity contribution < 1.29 is 29.4 Å². The maximum absolute atomic E-state index is 12.2. The fourth-order valence-corrected chi connectivity index (χ4v) is 2.40. The molecule has 0 radical (unpaired) electrons. The van der Waals surface area contributed by atoms with Crippen LogP contribution in [-0.4, -0.2) is 82.4 Å². The molecule has 0 aliphatic carbocycles. The first-order valence-electron chi connectivity index (χ1n) is 7.77. The molecule has 26 heavy (non-hydrogen) atoms. The van der Waals surface area contributed by atoms with Gasteiger partial charge in [-0.2, -0.15) is 24.4 Å². The summed E-state index contributed by atoms with van der Waals surface area (Å²) < 4.78 is 0. The first-order chi connectivity index (χ1) is 12.1. The lowest BCUT2D eigenvalue weighted by atomic mass is 10.1. The van der Waals surface area contributed by atoms with E-state index in [0.717, 1.165) is 0 Å². The van der Waals surface area contributed by atoms with Gasteiger partial charge in [0.15, 0.2) is 0 Å². The quantitative estimate of drug-likeness (QED) is 0.174. The Labute approximate surface area is 161 Å². The monoisotopic (exact) mass is 410 g/mol. The van der Waals surface area contributed by atoms with Crippen molar-refractivity contribution in [1.29, 1.82) is 0 Å². The fourth-order valence-electron chi connectivity index (χ4n) is 1.77. The Bertz CT molecular complexity index is 506. The van der Waals surface area contributed by atoms with E-state index in [1.54, 1.807) is 6.26 Å². The topological polar surface area (TPSA) is 171 Å². The molecule has 0 fully saturated rings. The van der Waals surface area contributed by atoms with E-state index >= 15 is 0 Å². The molecule has 0 bridgehead atoms. The number of hydrogen-bond donors (Lipinski definition) is 7. The zero-order valence-electron chi connectivity index (χ0n) is 14.6. The Kier molecular flexibility index (Phi) is 12.1. The molecule has 0 rings (SSSR count). The average Bonchev–Trinajstić information content (AvgIpc) is 2.59. The first kappa shape index (κ1) is 24.5. The van der Waals surface area contributed by atoms with E-state index < -0.39 is 54.5 Å². The fraction of sp³-hybridized carbons (Fsp3) is 0.714. The van der Waals surface area contributed by atoms with Crippen LogP contribution in [0, 0.1) is 0 Å². The summed E-state index contributed by atoms with van der Waals surface area (Å²) in [5.41, 5.74) is 5.44. The number of amides is 3. The molecule has 0 aromatic rings. The Morgan fingerprint density at radius 3 is 2.27 bits per heavy atom. The van der Waals surface area contributed by atoms with Gasteiger partial charge in [-0.3, -0.25) is 14.4 Å². The second-order valence-corrected chi connectivity index (χ2v) is 6.82. The van der Waals surface area contributed by atoms with Crippen LogP contribution in [0.1, 0.15) is 13.3 Å². The molecule has 0 aliphatic rings. The summed E-state index contributed by atoms with van der Waals surface area (Å²) in [5.74, 6) is -2.76. The number of hydrogen-bond acceptors (Lipinski definition) is 8. The molecule has 7 N–H and O–H groups in total. The van der Waals surface area contributed by atoms with Gasteiger partial charge >= 0.3 is 5.97 Å². The van der Waals surface area contributed by atoms with Crippen LogP contribution in [0.15, 0.2) is 0 Å². The third-order valence-electron chi connectivity index (χ3n) is 3.26. The number of aliphatic hydroxyl groups excluding tert-OH is 1. The highest BCUT2D eigenvalue weighted by molar-refractivity contribution is 7.98. The van der Waals surface area contributed by atoms with Gasteiger partial charge in [0.2, 0.25) is 17.7 Å². The van der Waals surface area contributed by atoms with Crippen molar-refractivity contribution in [3.8, 4) is 0 Å². The van der Waals surface area contributed by atoms with Gasteiger partial charge in [0.1, 0.15) is 12.1 Å². The lowest BCUT2D eigenvalue weighted by molar-refractivity contribution is -0.143. The van der Waals surface area contributed by atoms with E-state index in [2.05, 4.69) is 28.6 Å². The van der Waals surface area contributed by atoms with E-state index in [0.29, 0.717) is 5.75 Å². The number of rotatable bonds is 12. The summed E-state index contributed by atoms with van der Waals surface area (Å²) in [4.78, 5) is 46.8. The second kappa shape index (κ2) is 12.8. The molecule has 0 aliphatic heterocycles. The Morgan fingerprint density at radius 2 is 1.81 bits per heavy atom. The van der Waals surface area contributed by atoms with Crippen LogP contribution in [0.2, 0.25) is 0 Å². The first-order valence-corrected chi connectivity index (χ1v) is 9.80. The van der Waals surface area contributed by atoms with E-state index in [4.69, 9.17) is 10.8 Å². The van der Waals surface area contributed by atoms with Crippen LogP contribution in [-0.2, 0) is 19.2 Å². The molecule has 0 aromatic carbocycles. The number of thiol groups is 1. The minimum absolute atomic E-state index is 0.0960. The third-order valence-corrected chi connectivity index (χ3v) is 4.30. The Balaban J connectivity index is 4.75. The van der Waals surface area contributed by atoms with Crippen molar-refractivity contribution in [2.24, 2.45) is 5.73 Å². The molecule has 0 saturated carbocycles. The molecule has 0 aromatic heterocycles. The summed E-state index contributed by atoms with van der Waals surface area (Å²) in [5, 5.41) is 25.7. The molecule has 150 valence electrons. The molecule has 12 heteroatoms. The van der Waals surface area contributed by atoms with Crippen LogP contribution >= 0.6 is 24.4 Å². The molecule has 0 heterocycles. The third kappa shape index (κ3) is 9.27. The second-order valence-electron chi connectivity index (χ2n) is 5.47. The predicted molar refractivity (Wildman–Crippen MR) is 101 cm³/mol. The number of carboxylic acids is 1. The molecule has 4 unspecified atom stereocenters. The van der Waals surface area contributed by atoms with Crippen molar-refractivity contribution in [3.05, 3.63) is 0 Å². The van der Waals surface area contributed by atoms with E-state index in [9.17, 15) is 24.3 Å². The maximum atomic E-state index is 12.2. The largest absolute Gasteiger partial charge is 0.480 e. The number of aliphatic hydroxyl groups is 1. The highest BCUT2D eigenvalue weighted by atomic mass is 32.2. The van der Waals surface area contributed by atoms with Gasteiger partial charge in [-0.05, 0) is 25.4 Å².